The van der Waals surface area contributed by atoms with Crippen LogP contribution in [0.1, 0.15) is 25.4 Å². The number of halogens is 1. The molecule has 0 bridgehead atoms. The van der Waals surface area contributed by atoms with Gasteiger partial charge in [-0.05, 0) is 6.42 Å². The lowest BCUT2D eigenvalue weighted by Crippen LogP contribution is -1.87. The molecule has 3 heteroatoms. The smallest absolute Gasteiger partial charge is 0.118 e. The van der Waals surface area contributed by atoms with Crippen LogP contribution in [0.3, 0.4) is 0 Å². The van der Waals surface area contributed by atoms with E-state index in [2.05, 4.69) is 35.0 Å². The van der Waals surface area contributed by atoms with Gasteiger partial charge in [-0.15, -0.1) is 0 Å². The number of hydrogen-bond acceptors (Lipinski definition) is 1. The highest BCUT2D eigenvalue weighted by molar-refractivity contribution is 9.08. The molecule has 0 atom stereocenters. The van der Waals surface area contributed by atoms with E-state index in [1.165, 1.54) is 0 Å². The zero-order chi connectivity index (χ0) is 7.56. The van der Waals surface area contributed by atoms with Gasteiger partial charge >= 0.3 is 0 Å². The van der Waals surface area contributed by atoms with E-state index in [9.17, 15) is 0 Å². The number of rotatable bonds is 2. The Labute approximate surface area is 69.6 Å². The van der Waals surface area contributed by atoms with Crippen molar-refractivity contribution in [2.24, 2.45) is 0 Å². The van der Waals surface area contributed by atoms with Crippen molar-refractivity contribution in [1.82, 2.24) is 8.58 Å². The minimum Gasteiger partial charge on any atom is -0.270 e. The van der Waals surface area contributed by atoms with Crippen LogP contribution < -0.4 is 0 Å². The first-order valence-corrected chi connectivity index (χ1v) is 4.22. The second kappa shape index (κ2) is 3.19. The molecular weight excluding hydrogens is 192 g/mol. The third-order valence-corrected chi connectivity index (χ3v) is 2.07. The molecular formula is C7H11BrN2. The van der Waals surface area contributed by atoms with Gasteiger partial charge in [0.25, 0.3) is 0 Å². The molecule has 0 radical (unpaired) electrons. The van der Waals surface area contributed by atoms with E-state index in [-0.39, 0.29) is 0 Å². The normalized spacial score (nSPS) is 10.3. The lowest BCUT2D eigenvalue weighted by atomic mass is 10.4. The SMILES string of the molecule is CCc1cn(Br)c(CC)n1. The highest BCUT2D eigenvalue weighted by Crippen LogP contribution is 2.07. The zero-order valence-corrected chi connectivity index (χ0v) is 7.85. The van der Waals surface area contributed by atoms with Crippen molar-refractivity contribution >= 4 is 16.1 Å². The summed E-state index contributed by atoms with van der Waals surface area (Å²) in [6.07, 6.45) is 4.00. The minimum atomic E-state index is 0.977. The van der Waals surface area contributed by atoms with E-state index < -0.39 is 0 Å². The van der Waals surface area contributed by atoms with Crippen molar-refractivity contribution in [3.8, 4) is 0 Å². The highest BCUT2D eigenvalue weighted by Gasteiger charge is 2.00. The van der Waals surface area contributed by atoms with Gasteiger partial charge in [0.1, 0.15) is 5.82 Å². The summed E-state index contributed by atoms with van der Waals surface area (Å²) in [5.74, 6) is 1.09. The Morgan fingerprint density at radius 3 is 2.50 bits per heavy atom. The van der Waals surface area contributed by atoms with Crippen LogP contribution >= 0.6 is 16.1 Å². The number of aryl methyl sites for hydroxylation is 2. The summed E-state index contributed by atoms with van der Waals surface area (Å²) >= 11 is 3.37. The van der Waals surface area contributed by atoms with Crippen LogP contribution in [-0.2, 0) is 12.8 Å². The average molecular weight is 203 g/mol. The van der Waals surface area contributed by atoms with Crippen LogP contribution in [0.2, 0.25) is 0 Å². The number of imidazole rings is 1. The standard InChI is InChI=1S/C7H11BrN2/c1-3-6-5-10(8)7(4-2)9-6/h5H,3-4H2,1-2H3. The monoisotopic (exact) mass is 202 g/mol. The molecule has 1 aromatic heterocycles. The van der Waals surface area contributed by atoms with E-state index in [0.717, 1.165) is 24.4 Å². The second-order valence-corrected chi connectivity index (χ2v) is 2.93. The van der Waals surface area contributed by atoms with Crippen LogP contribution in [-0.4, -0.2) is 8.58 Å². The second-order valence-electron chi connectivity index (χ2n) is 2.17. The molecule has 2 nitrogen and oxygen atoms in total. The maximum Gasteiger partial charge on any atom is 0.118 e. The van der Waals surface area contributed by atoms with Crippen molar-refractivity contribution in [3.05, 3.63) is 17.7 Å². The van der Waals surface area contributed by atoms with Crippen LogP contribution in [0.15, 0.2) is 6.20 Å². The molecule has 0 aromatic carbocycles. The molecule has 1 aromatic rings. The summed E-state index contributed by atoms with van der Waals surface area (Å²) in [6, 6.07) is 0. The molecule has 0 aliphatic carbocycles. The Hall–Kier alpha value is -0.310. The fourth-order valence-electron chi connectivity index (χ4n) is 0.848. The third-order valence-electron chi connectivity index (χ3n) is 1.46. The van der Waals surface area contributed by atoms with E-state index in [1.807, 2.05) is 9.79 Å². The highest BCUT2D eigenvalue weighted by atomic mass is 79.9. The van der Waals surface area contributed by atoms with Crippen molar-refractivity contribution in [2.45, 2.75) is 26.7 Å². The van der Waals surface area contributed by atoms with Gasteiger partial charge in [-0.2, -0.15) is 0 Å². The zero-order valence-electron chi connectivity index (χ0n) is 6.26. The molecule has 0 amide bonds. The first-order valence-electron chi connectivity index (χ1n) is 3.51. The van der Waals surface area contributed by atoms with Crippen LogP contribution in [0.5, 0.6) is 0 Å². The fourth-order valence-corrected chi connectivity index (χ4v) is 1.41. The Morgan fingerprint density at radius 1 is 1.50 bits per heavy atom. The van der Waals surface area contributed by atoms with Crippen molar-refractivity contribution < 1.29 is 0 Å². The van der Waals surface area contributed by atoms with Gasteiger partial charge in [0, 0.05) is 12.6 Å². The Balaban J connectivity index is 2.92. The summed E-state index contributed by atoms with van der Waals surface area (Å²) in [6.45, 7) is 4.20. The number of hydrogen-bond donors (Lipinski definition) is 0. The summed E-state index contributed by atoms with van der Waals surface area (Å²) in [4.78, 5) is 4.36. The lowest BCUT2D eigenvalue weighted by molar-refractivity contribution is 0.949. The van der Waals surface area contributed by atoms with Gasteiger partial charge < -0.3 is 0 Å². The topological polar surface area (TPSA) is 17.8 Å². The summed E-state index contributed by atoms with van der Waals surface area (Å²) < 4.78 is 1.91. The quantitative estimate of drug-likeness (QED) is 0.720. The Bertz CT molecular complexity index is 217. The van der Waals surface area contributed by atoms with Crippen LogP contribution in [0, 0.1) is 0 Å². The first kappa shape index (κ1) is 7.79. The average Bonchev–Trinajstić information content (AvgIpc) is 2.30. The Morgan fingerprint density at radius 2 is 2.20 bits per heavy atom. The molecule has 0 unspecified atom stereocenters. The molecule has 1 rings (SSSR count). The molecule has 56 valence electrons. The number of nitrogens with zero attached hydrogens (tertiary/aromatic N) is 2. The van der Waals surface area contributed by atoms with Crippen molar-refractivity contribution in [1.29, 1.82) is 0 Å². The van der Waals surface area contributed by atoms with E-state index in [0.29, 0.717) is 0 Å². The predicted octanol–water partition coefficient (Wildman–Crippen LogP) is 2.17. The van der Waals surface area contributed by atoms with E-state index in [4.69, 9.17) is 0 Å². The maximum atomic E-state index is 4.36. The molecule has 0 spiro atoms. The van der Waals surface area contributed by atoms with Gasteiger partial charge in [-0.3, -0.25) is 3.59 Å². The third kappa shape index (κ3) is 1.40. The molecule has 0 fully saturated rings. The molecule has 10 heavy (non-hydrogen) atoms. The Kier molecular flexibility index (Phi) is 2.49. The van der Waals surface area contributed by atoms with Gasteiger partial charge in [0.15, 0.2) is 0 Å². The van der Waals surface area contributed by atoms with Crippen LogP contribution in [0.25, 0.3) is 0 Å². The maximum absolute atomic E-state index is 4.36. The molecule has 0 aliphatic rings. The van der Waals surface area contributed by atoms with Gasteiger partial charge in [0.2, 0.25) is 0 Å². The number of aromatic nitrogens is 2. The molecule has 0 aliphatic heterocycles. The summed E-state index contributed by atoms with van der Waals surface area (Å²) in [7, 11) is 0. The van der Waals surface area contributed by atoms with Gasteiger partial charge in [-0.1, -0.05) is 13.8 Å². The van der Waals surface area contributed by atoms with Gasteiger partial charge in [0.05, 0.1) is 21.8 Å². The summed E-state index contributed by atoms with van der Waals surface area (Å²) in [5, 5.41) is 0. The lowest BCUT2D eigenvalue weighted by Gasteiger charge is -1.89. The molecule has 0 saturated carbocycles. The first-order chi connectivity index (χ1) is 4.77. The largest absolute Gasteiger partial charge is 0.270 e. The van der Waals surface area contributed by atoms with E-state index in [1.54, 1.807) is 0 Å². The minimum absolute atomic E-state index is 0.977. The molecule has 1 heterocycles. The van der Waals surface area contributed by atoms with Crippen LogP contribution in [0.4, 0.5) is 0 Å². The van der Waals surface area contributed by atoms with Crippen molar-refractivity contribution in [2.75, 3.05) is 0 Å². The predicted molar refractivity (Wildman–Crippen MR) is 45.3 cm³/mol. The van der Waals surface area contributed by atoms with E-state index >= 15 is 0 Å². The summed E-state index contributed by atoms with van der Waals surface area (Å²) in [5.41, 5.74) is 1.15. The molecule has 0 N–H and O–H groups in total. The van der Waals surface area contributed by atoms with Crippen molar-refractivity contribution in [3.63, 3.8) is 0 Å². The van der Waals surface area contributed by atoms with Gasteiger partial charge in [-0.25, -0.2) is 4.98 Å². The molecule has 0 saturated heterocycles. The fraction of sp³-hybridized carbons (Fsp3) is 0.571.